The number of ether oxygens (including phenoxy) is 1. The molecule has 36 heavy (non-hydrogen) atoms. The maximum Gasteiger partial charge on any atom is 0.257 e. The number of aromatic nitrogens is 3. The standard InChI is InChI=1S/C28H31N5O3/c1-17(2)33-27-24(16-29-33)18(3)22(19(4)30-27)14-15-26(34)32-25-9-7-6-8-23(25)28(35)31-20-10-12-21(36-5)13-11-20/h6-13,16-17H,14-15H2,1-5H3,(H,31,35)(H,32,34). The average Bonchev–Trinajstić information content (AvgIpc) is 3.29. The van der Waals surface area contributed by atoms with Crippen molar-refractivity contribution in [3.05, 3.63) is 77.1 Å². The van der Waals surface area contributed by atoms with Gasteiger partial charge in [0.05, 0.1) is 24.6 Å². The number of nitrogens with zero attached hydrogens (tertiary/aromatic N) is 3. The number of hydrogen-bond acceptors (Lipinski definition) is 5. The highest BCUT2D eigenvalue weighted by atomic mass is 16.5. The number of benzene rings is 2. The van der Waals surface area contributed by atoms with Crippen LogP contribution in [0.4, 0.5) is 11.4 Å². The van der Waals surface area contributed by atoms with E-state index in [9.17, 15) is 9.59 Å². The summed E-state index contributed by atoms with van der Waals surface area (Å²) in [6, 6.07) is 14.3. The van der Waals surface area contributed by atoms with E-state index in [1.807, 2.05) is 17.8 Å². The van der Waals surface area contributed by atoms with Crippen LogP contribution in [0.1, 0.15) is 53.5 Å². The Balaban J connectivity index is 1.45. The SMILES string of the molecule is COc1ccc(NC(=O)c2ccccc2NC(=O)CCc2c(C)nc3c(cnn3C(C)C)c2C)cc1. The molecule has 8 heteroatoms. The van der Waals surface area contributed by atoms with Crippen molar-refractivity contribution in [2.24, 2.45) is 0 Å². The van der Waals surface area contributed by atoms with E-state index < -0.39 is 0 Å². The Labute approximate surface area is 210 Å². The van der Waals surface area contributed by atoms with Crippen LogP contribution in [-0.4, -0.2) is 33.7 Å². The monoisotopic (exact) mass is 485 g/mol. The minimum absolute atomic E-state index is 0.170. The Morgan fingerprint density at radius 3 is 2.44 bits per heavy atom. The molecule has 0 aliphatic heterocycles. The number of amides is 2. The summed E-state index contributed by atoms with van der Waals surface area (Å²) < 4.78 is 7.07. The summed E-state index contributed by atoms with van der Waals surface area (Å²) in [7, 11) is 1.59. The van der Waals surface area contributed by atoms with E-state index in [0.717, 1.165) is 27.9 Å². The number of anilines is 2. The van der Waals surface area contributed by atoms with E-state index in [0.29, 0.717) is 29.1 Å². The van der Waals surface area contributed by atoms with Crippen LogP contribution in [-0.2, 0) is 11.2 Å². The van der Waals surface area contributed by atoms with Gasteiger partial charge in [0.25, 0.3) is 5.91 Å². The highest BCUT2D eigenvalue weighted by Crippen LogP contribution is 2.26. The number of aryl methyl sites for hydroxylation is 2. The average molecular weight is 486 g/mol. The van der Waals surface area contributed by atoms with Crippen molar-refractivity contribution in [2.45, 2.75) is 46.6 Å². The van der Waals surface area contributed by atoms with Gasteiger partial charge in [0.15, 0.2) is 5.65 Å². The van der Waals surface area contributed by atoms with E-state index in [-0.39, 0.29) is 24.3 Å². The molecular weight excluding hydrogens is 454 g/mol. The molecular formula is C28H31N5O3. The van der Waals surface area contributed by atoms with Gasteiger partial charge in [0.2, 0.25) is 5.91 Å². The van der Waals surface area contributed by atoms with Gasteiger partial charge in [-0.05, 0) is 81.6 Å². The summed E-state index contributed by atoms with van der Waals surface area (Å²) in [6.07, 6.45) is 2.65. The number of nitrogens with one attached hydrogen (secondary N) is 2. The molecule has 0 saturated carbocycles. The molecule has 8 nitrogen and oxygen atoms in total. The molecule has 2 amide bonds. The van der Waals surface area contributed by atoms with Gasteiger partial charge in [-0.2, -0.15) is 5.10 Å². The first-order valence-corrected chi connectivity index (χ1v) is 12.0. The number of pyridine rings is 1. The van der Waals surface area contributed by atoms with Crippen LogP contribution in [0.5, 0.6) is 5.75 Å². The summed E-state index contributed by atoms with van der Waals surface area (Å²) in [5.41, 5.74) is 5.39. The van der Waals surface area contributed by atoms with Gasteiger partial charge in [0, 0.05) is 29.2 Å². The van der Waals surface area contributed by atoms with Crippen LogP contribution in [0.15, 0.2) is 54.7 Å². The smallest absolute Gasteiger partial charge is 0.257 e. The molecule has 2 heterocycles. The highest BCUT2D eigenvalue weighted by molar-refractivity contribution is 6.10. The molecule has 0 bridgehead atoms. The number of para-hydroxylation sites is 1. The van der Waals surface area contributed by atoms with Gasteiger partial charge in [-0.25, -0.2) is 9.67 Å². The maximum atomic E-state index is 12.9. The van der Waals surface area contributed by atoms with Gasteiger partial charge >= 0.3 is 0 Å². The number of methoxy groups -OCH3 is 1. The first-order valence-electron chi connectivity index (χ1n) is 12.0. The summed E-state index contributed by atoms with van der Waals surface area (Å²) in [4.78, 5) is 30.6. The molecule has 186 valence electrons. The molecule has 0 fully saturated rings. The fraction of sp³-hybridized carbons (Fsp3) is 0.286. The second-order valence-electron chi connectivity index (χ2n) is 9.00. The van der Waals surface area contributed by atoms with Crippen molar-refractivity contribution in [3.8, 4) is 5.75 Å². The number of hydrogen-bond donors (Lipinski definition) is 2. The molecule has 0 spiro atoms. The molecule has 0 radical (unpaired) electrons. The number of rotatable bonds is 8. The van der Waals surface area contributed by atoms with Crippen molar-refractivity contribution < 1.29 is 14.3 Å². The number of carbonyl (C=O) groups excluding carboxylic acids is 2. The molecule has 2 N–H and O–H groups in total. The van der Waals surface area contributed by atoms with Crippen molar-refractivity contribution in [1.29, 1.82) is 0 Å². The van der Waals surface area contributed by atoms with Crippen molar-refractivity contribution in [2.75, 3.05) is 17.7 Å². The molecule has 0 aliphatic rings. The van der Waals surface area contributed by atoms with Crippen molar-refractivity contribution >= 4 is 34.2 Å². The minimum Gasteiger partial charge on any atom is -0.497 e. The van der Waals surface area contributed by atoms with Crippen LogP contribution in [0, 0.1) is 13.8 Å². The third-order valence-electron chi connectivity index (χ3n) is 6.22. The fourth-order valence-electron chi connectivity index (χ4n) is 4.25. The first-order chi connectivity index (χ1) is 17.3. The quantitative estimate of drug-likeness (QED) is 0.345. The van der Waals surface area contributed by atoms with Crippen molar-refractivity contribution in [3.63, 3.8) is 0 Å². The Morgan fingerprint density at radius 1 is 1.03 bits per heavy atom. The van der Waals surface area contributed by atoms with Crippen LogP contribution >= 0.6 is 0 Å². The first kappa shape index (κ1) is 24.9. The zero-order chi connectivity index (χ0) is 25.8. The predicted molar refractivity (Wildman–Crippen MR) is 142 cm³/mol. The molecule has 0 atom stereocenters. The van der Waals surface area contributed by atoms with Crippen LogP contribution in [0.2, 0.25) is 0 Å². The Bertz CT molecular complexity index is 1410. The van der Waals surface area contributed by atoms with Gasteiger partial charge in [-0.15, -0.1) is 0 Å². The topological polar surface area (TPSA) is 98.1 Å². The van der Waals surface area contributed by atoms with Gasteiger partial charge in [0.1, 0.15) is 5.75 Å². The molecule has 4 rings (SSSR count). The van der Waals surface area contributed by atoms with Crippen molar-refractivity contribution in [1.82, 2.24) is 14.8 Å². The lowest BCUT2D eigenvalue weighted by molar-refractivity contribution is -0.116. The maximum absolute atomic E-state index is 12.9. The molecule has 0 aliphatic carbocycles. The second kappa shape index (κ2) is 10.6. The number of carbonyl (C=O) groups is 2. The predicted octanol–water partition coefficient (Wildman–Crippen LogP) is 5.46. The molecule has 0 unspecified atom stereocenters. The summed E-state index contributed by atoms with van der Waals surface area (Å²) in [6.45, 7) is 8.17. The largest absolute Gasteiger partial charge is 0.497 e. The summed E-state index contributed by atoms with van der Waals surface area (Å²) in [5.74, 6) is 0.227. The molecule has 0 saturated heterocycles. The van der Waals surface area contributed by atoms with Crippen LogP contribution in [0.25, 0.3) is 11.0 Å². The second-order valence-corrected chi connectivity index (χ2v) is 9.00. The summed E-state index contributed by atoms with van der Waals surface area (Å²) >= 11 is 0. The van der Waals surface area contributed by atoms with Crippen LogP contribution < -0.4 is 15.4 Å². The minimum atomic E-state index is -0.306. The third-order valence-corrected chi connectivity index (χ3v) is 6.22. The zero-order valence-corrected chi connectivity index (χ0v) is 21.3. The zero-order valence-electron chi connectivity index (χ0n) is 21.3. The van der Waals surface area contributed by atoms with E-state index in [1.54, 1.807) is 55.6 Å². The molecule has 2 aromatic carbocycles. The third kappa shape index (κ3) is 5.22. The van der Waals surface area contributed by atoms with Crippen LogP contribution in [0.3, 0.4) is 0 Å². The van der Waals surface area contributed by atoms with E-state index in [4.69, 9.17) is 9.72 Å². The Morgan fingerprint density at radius 2 is 1.75 bits per heavy atom. The Hall–Kier alpha value is -4.20. The normalized spacial score (nSPS) is 11.1. The van der Waals surface area contributed by atoms with E-state index in [1.165, 1.54) is 0 Å². The van der Waals surface area contributed by atoms with E-state index in [2.05, 4.69) is 36.5 Å². The Kier molecular flexibility index (Phi) is 7.33. The van der Waals surface area contributed by atoms with Gasteiger partial charge < -0.3 is 15.4 Å². The van der Waals surface area contributed by atoms with Gasteiger partial charge in [-0.1, -0.05) is 12.1 Å². The number of fused-ring (bicyclic) bond motifs is 1. The lowest BCUT2D eigenvalue weighted by Crippen LogP contribution is -2.18. The lowest BCUT2D eigenvalue weighted by atomic mass is 10.00. The molecule has 2 aromatic heterocycles. The molecule has 4 aromatic rings. The summed E-state index contributed by atoms with van der Waals surface area (Å²) in [5, 5.41) is 11.3. The van der Waals surface area contributed by atoms with Gasteiger partial charge in [-0.3, -0.25) is 9.59 Å². The van der Waals surface area contributed by atoms with E-state index >= 15 is 0 Å². The fourth-order valence-corrected chi connectivity index (χ4v) is 4.25. The highest BCUT2D eigenvalue weighted by Gasteiger charge is 2.17. The lowest BCUT2D eigenvalue weighted by Gasteiger charge is -2.14.